The zero-order chi connectivity index (χ0) is 14.0. The van der Waals surface area contributed by atoms with Crippen LogP contribution < -0.4 is 5.32 Å². The van der Waals surface area contributed by atoms with Crippen LogP contribution in [0.1, 0.15) is 66.7 Å². The maximum absolute atomic E-state index is 3.83. The summed E-state index contributed by atoms with van der Waals surface area (Å²) in [7, 11) is 0. The summed E-state index contributed by atoms with van der Waals surface area (Å²) in [6.45, 7) is 14.4. The summed E-state index contributed by atoms with van der Waals surface area (Å²) in [5.41, 5.74) is 0.544. The zero-order valence-electron chi connectivity index (χ0n) is 13.7. The van der Waals surface area contributed by atoms with Crippen molar-refractivity contribution in [2.24, 2.45) is 11.8 Å². The standard InChI is InChI=1S/C17H34N2/c1-6-14(5)15-12-19(16(11-18-15)13(3)4)17(7-2)9-8-10-17/h13-16,18H,6-12H2,1-5H3. The molecule has 1 saturated carbocycles. The second-order valence-electron chi connectivity index (χ2n) is 7.30. The number of rotatable bonds is 5. The van der Waals surface area contributed by atoms with E-state index in [-0.39, 0.29) is 0 Å². The maximum Gasteiger partial charge on any atom is 0.0249 e. The van der Waals surface area contributed by atoms with Gasteiger partial charge in [0.05, 0.1) is 0 Å². The summed E-state index contributed by atoms with van der Waals surface area (Å²) < 4.78 is 0. The fraction of sp³-hybridized carbons (Fsp3) is 1.00. The van der Waals surface area contributed by atoms with Crippen molar-refractivity contribution in [3.05, 3.63) is 0 Å². The molecule has 2 nitrogen and oxygen atoms in total. The molecule has 2 aliphatic rings. The average Bonchev–Trinajstić information content (AvgIpc) is 2.37. The largest absolute Gasteiger partial charge is 0.311 e. The molecule has 0 amide bonds. The predicted molar refractivity (Wildman–Crippen MR) is 83.5 cm³/mol. The smallest absolute Gasteiger partial charge is 0.0249 e. The number of nitrogens with one attached hydrogen (secondary N) is 1. The third-order valence-corrected chi connectivity index (χ3v) is 6.03. The number of hydrogen-bond donors (Lipinski definition) is 1. The van der Waals surface area contributed by atoms with E-state index in [2.05, 4.69) is 44.8 Å². The molecule has 0 aromatic heterocycles. The first-order valence-electron chi connectivity index (χ1n) is 8.54. The maximum atomic E-state index is 3.83. The van der Waals surface area contributed by atoms with Gasteiger partial charge in [0.2, 0.25) is 0 Å². The number of hydrogen-bond acceptors (Lipinski definition) is 2. The van der Waals surface area contributed by atoms with Gasteiger partial charge in [-0.2, -0.15) is 0 Å². The highest BCUT2D eigenvalue weighted by Gasteiger charge is 2.46. The van der Waals surface area contributed by atoms with Gasteiger partial charge in [-0.05, 0) is 37.5 Å². The van der Waals surface area contributed by atoms with Crippen LogP contribution in [0.3, 0.4) is 0 Å². The Bertz CT molecular complexity index is 277. The van der Waals surface area contributed by atoms with E-state index in [1.165, 1.54) is 45.2 Å². The van der Waals surface area contributed by atoms with E-state index in [9.17, 15) is 0 Å². The first-order valence-corrected chi connectivity index (χ1v) is 8.54. The van der Waals surface area contributed by atoms with Crippen LogP contribution in [0.25, 0.3) is 0 Å². The zero-order valence-corrected chi connectivity index (χ0v) is 13.7. The van der Waals surface area contributed by atoms with Crippen molar-refractivity contribution >= 4 is 0 Å². The Hall–Kier alpha value is -0.0800. The van der Waals surface area contributed by atoms with E-state index in [0.29, 0.717) is 11.6 Å². The van der Waals surface area contributed by atoms with Crippen molar-refractivity contribution in [2.45, 2.75) is 84.3 Å². The van der Waals surface area contributed by atoms with Crippen LogP contribution >= 0.6 is 0 Å². The van der Waals surface area contributed by atoms with Crippen molar-refractivity contribution in [3.8, 4) is 0 Å². The van der Waals surface area contributed by atoms with E-state index < -0.39 is 0 Å². The monoisotopic (exact) mass is 266 g/mol. The molecule has 1 aliphatic carbocycles. The minimum atomic E-state index is 0.544. The second kappa shape index (κ2) is 6.13. The topological polar surface area (TPSA) is 15.3 Å². The van der Waals surface area contributed by atoms with Gasteiger partial charge in [-0.1, -0.05) is 41.0 Å². The molecular formula is C17H34N2. The lowest BCUT2D eigenvalue weighted by Gasteiger charge is -2.58. The highest BCUT2D eigenvalue weighted by atomic mass is 15.3. The normalized spacial score (nSPS) is 33.2. The van der Waals surface area contributed by atoms with Crippen molar-refractivity contribution < 1.29 is 0 Å². The fourth-order valence-corrected chi connectivity index (χ4v) is 4.03. The molecule has 0 aromatic rings. The molecule has 1 N–H and O–H groups in total. The van der Waals surface area contributed by atoms with Gasteiger partial charge in [0.1, 0.15) is 0 Å². The van der Waals surface area contributed by atoms with Crippen molar-refractivity contribution in [3.63, 3.8) is 0 Å². The predicted octanol–water partition coefficient (Wildman–Crippen LogP) is 3.66. The SMILES string of the molecule is CCC(C)C1CN(C2(CC)CCC2)C(C(C)C)CN1. The molecule has 0 bridgehead atoms. The average molecular weight is 266 g/mol. The van der Waals surface area contributed by atoms with Gasteiger partial charge in [-0.25, -0.2) is 0 Å². The minimum Gasteiger partial charge on any atom is -0.311 e. The molecule has 2 rings (SSSR count). The van der Waals surface area contributed by atoms with Crippen LogP contribution in [0.2, 0.25) is 0 Å². The lowest BCUT2D eigenvalue weighted by Crippen LogP contribution is -2.68. The number of nitrogens with zero attached hydrogens (tertiary/aromatic N) is 1. The summed E-state index contributed by atoms with van der Waals surface area (Å²) in [4.78, 5) is 2.91. The third-order valence-electron chi connectivity index (χ3n) is 6.03. The lowest BCUT2D eigenvalue weighted by molar-refractivity contribution is -0.0617. The van der Waals surface area contributed by atoms with Crippen LogP contribution in [-0.4, -0.2) is 35.6 Å². The van der Waals surface area contributed by atoms with E-state index in [1.807, 2.05) is 0 Å². The first-order chi connectivity index (χ1) is 9.04. The quantitative estimate of drug-likeness (QED) is 0.817. The molecule has 112 valence electrons. The van der Waals surface area contributed by atoms with Crippen LogP contribution in [0.4, 0.5) is 0 Å². The highest BCUT2D eigenvalue weighted by Crippen LogP contribution is 2.43. The van der Waals surface area contributed by atoms with E-state index in [4.69, 9.17) is 0 Å². The third kappa shape index (κ3) is 2.85. The Morgan fingerprint density at radius 2 is 1.89 bits per heavy atom. The van der Waals surface area contributed by atoms with Gasteiger partial charge in [0.15, 0.2) is 0 Å². The summed E-state index contributed by atoms with van der Waals surface area (Å²) >= 11 is 0. The molecular weight excluding hydrogens is 232 g/mol. The van der Waals surface area contributed by atoms with Crippen LogP contribution in [0.15, 0.2) is 0 Å². The molecule has 2 fully saturated rings. The molecule has 1 aliphatic heterocycles. The lowest BCUT2D eigenvalue weighted by atomic mass is 9.71. The van der Waals surface area contributed by atoms with Crippen molar-refractivity contribution in [1.29, 1.82) is 0 Å². The molecule has 0 radical (unpaired) electrons. The van der Waals surface area contributed by atoms with Gasteiger partial charge in [0.25, 0.3) is 0 Å². The molecule has 0 aromatic carbocycles. The van der Waals surface area contributed by atoms with Gasteiger partial charge < -0.3 is 5.32 Å². The van der Waals surface area contributed by atoms with Crippen molar-refractivity contribution in [1.82, 2.24) is 10.2 Å². The Labute approximate surface area is 120 Å². The van der Waals surface area contributed by atoms with E-state index in [0.717, 1.165) is 17.9 Å². The summed E-state index contributed by atoms with van der Waals surface area (Å²) in [6, 6.07) is 1.43. The number of piperazine rings is 1. The van der Waals surface area contributed by atoms with Crippen LogP contribution in [0, 0.1) is 11.8 Å². The van der Waals surface area contributed by atoms with Gasteiger partial charge in [0, 0.05) is 30.7 Å². The van der Waals surface area contributed by atoms with Gasteiger partial charge in [-0.3, -0.25) is 4.90 Å². The summed E-state index contributed by atoms with van der Waals surface area (Å²) in [5.74, 6) is 1.55. The Kier molecular flexibility index (Phi) is 4.94. The minimum absolute atomic E-state index is 0.544. The molecule has 3 unspecified atom stereocenters. The fourth-order valence-electron chi connectivity index (χ4n) is 4.03. The molecule has 1 heterocycles. The molecule has 0 spiro atoms. The van der Waals surface area contributed by atoms with E-state index >= 15 is 0 Å². The van der Waals surface area contributed by atoms with Gasteiger partial charge >= 0.3 is 0 Å². The van der Waals surface area contributed by atoms with Crippen molar-refractivity contribution in [2.75, 3.05) is 13.1 Å². The van der Waals surface area contributed by atoms with Crippen LogP contribution in [0.5, 0.6) is 0 Å². The summed E-state index contributed by atoms with van der Waals surface area (Å²) in [6.07, 6.45) is 6.93. The summed E-state index contributed by atoms with van der Waals surface area (Å²) in [5, 5.41) is 3.83. The second-order valence-corrected chi connectivity index (χ2v) is 7.30. The van der Waals surface area contributed by atoms with Crippen LogP contribution in [-0.2, 0) is 0 Å². The molecule has 3 atom stereocenters. The van der Waals surface area contributed by atoms with E-state index in [1.54, 1.807) is 0 Å². The highest BCUT2D eigenvalue weighted by molar-refractivity contribution is 5.03. The Morgan fingerprint density at radius 1 is 1.21 bits per heavy atom. The van der Waals surface area contributed by atoms with Gasteiger partial charge in [-0.15, -0.1) is 0 Å². The molecule has 1 saturated heterocycles. The Balaban J connectivity index is 2.13. The Morgan fingerprint density at radius 3 is 2.32 bits per heavy atom. The molecule has 2 heteroatoms. The molecule has 19 heavy (non-hydrogen) atoms. The first kappa shape index (κ1) is 15.3.